The monoisotopic (exact) mass is 127 g/mol. The fourth-order valence-electron chi connectivity index (χ4n) is 0. The Hall–Kier alpha value is -0.400. The van der Waals surface area contributed by atoms with Gasteiger partial charge in [0.15, 0.2) is 0 Å². The van der Waals surface area contributed by atoms with Crippen LogP contribution in [-0.4, -0.2) is 0 Å². The van der Waals surface area contributed by atoms with Crippen molar-refractivity contribution in [2.24, 2.45) is 0 Å². The highest BCUT2D eigenvalue weighted by atomic mass is 16.2. The van der Waals surface area contributed by atoms with Crippen molar-refractivity contribution >= 4 is 0 Å². The molecule has 1 N–H and O–H groups in total. The number of nitrogens with one attached hydrogen (secondary N) is 1. The van der Waals surface area contributed by atoms with Crippen LogP contribution in [0.15, 0.2) is 0 Å². The zero-order valence-electron chi connectivity index (χ0n) is 0.908. The minimum atomic E-state index is 0. The van der Waals surface area contributed by atoms with E-state index in [2.05, 4.69) is 5.59 Å². The lowest BCUT2D eigenvalue weighted by Crippen LogP contribution is -0.649. The first-order chi connectivity index (χ1) is 1.00. The molecule has 0 aliphatic heterocycles. The summed E-state index contributed by atoms with van der Waals surface area (Å²) in [4.78, 5) is 7.50. The maximum Gasteiger partial charge on any atom is -0.0776 e. The van der Waals surface area contributed by atoms with Gasteiger partial charge in [0.1, 0.15) is 0 Å². The summed E-state index contributed by atoms with van der Waals surface area (Å²) < 4.78 is 0. The third kappa shape index (κ3) is 741. The van der Waals surface area contributed by atoms with Gasteiger partial charge in [-0.3, -0.25) is 0 Å². The third-order valence-corrected chi connectivity index (χ3v) is 0. The Balaban J connectivity index is -0.000000000333. The lowest BCUT2D eigenvalue weighted by atomic mass is 12.0. The summed E-state index contributed by atoms with van der Waals surface area (Å²) >= 11 is 0. The van der Waals surface area contributed by atoms with Crippen LogP contribution in [0, 0.1) is 10.5 Å². The second kappa shape index (κ2) is 1290. The largest absolute Gasteiger partial charge is 0.154 e. The van der Waals surface area contributed by atoms with Crippen LogP contribution < -0.4 is 0 Å². The van der Waals surface area contributed by atoms with Crippen LogP contribution in [0.3, 0.4) is 0 Å². The summed E-state index contributed by atoms with van der Waals surface area (Å²) in [7, 11) is 0. The van der Waals surface area contributed by atoms with E-state index in [4.69, 9.17) is 4.91 Å². The van der Waals surface area contributed by atoms with E-state index in [1.807, 2.05) is 0 Å². The van der Waals surface area contributed by atoms with E-state index in [0.29, 0.717) is 0 Å². The van der Waals surface area contributed by atoms with Gasteiger partial charge in [-0.2, -0.15) is 4.91 Å². The van der Waals surface area contributed by atoms with Gasteiger partial charge in [0.2, 0.25) is 0 Å². The molecule has 0 saturated heterocycles. The van der Waals surface area contributed by atoms with Crippen LogP contribution in [0.2, 0.25) is 0 Å². The highest BCUT2D eigenvalue weighted by molar-refractivity contribution is 3.63. The molecule has 0 saturated carbocycles. The molecule has 0 rings (SSSR count). The molecule has 0 bridgehead atoms. The van der Waals surface area contributed by atoms with E-state index < -0.39 is 0 Å². The van der Waals surface area contributed by atoms with E-state index in [9.17, 15) is 0 Å². The van der Waals surface area contributed by atoms with Crippen LogP contribution in [0.5, 0.6) is 0 Å². The molecule has 0 unspecified atom stereocenters. The van der Waals surface area contributed by atoms with Gasteiger partial charge in [0, 0.05) is 0 Å². The smallest absolute Gasteiger partial charge is 0.0776 e. The Morgan fingerprint density at radius 2 is 0.500 bits per heavy atom. The fourth-order valence-corrected chi connectivity index (χ4v) is 0. The zero-order valence-corrected chi connectivity index (χ0v) is 0.908. The highest BCUT2D eigenvalue weighted by Crippen LogP contribution is 0.766. The van der Waals surface area contributed by atoms with Crippen LogP contribution in [0.1, 0.15) is 44.6 Å². The average molecular weight is 127 g/mol. The summed E-state index contributed by atoms with van der Waals surface area (Å²) in [5.41, 5.74) is 4.50. The molecule has 0 radical (unpaired) electrons. The highest BCUT2D eigenvalue weighted by Gasteiger charge is 0.588. The first kappa shape index (κ1) is 920. The minimum absolute atomic E-state index is 0. The Morgan fingerprint density at radius 3 is 0.500 bits per heavy atom. The van der Waals surface area contributed by atoms with E-state index in [1.165, 1.54) is 0 Å². The summed E-state index contributed by atoms with van der Waals surface area (Å²) in [6, 6.07) is 0. The van der Waals surface area contributed by atoms with Gasteiger partial charge in [-0.15, -0.1) is 0 Å². The predicted octanol–water partition coefficient (Wildman–Crippen LogP) is 4.15. The number of hydrogen-bond acceptors (Lipinski definition) is 2. The van der Waals surface area contributed by atoms with Gasteiger partial charge in [0.25, 0.3) is 0 Å². The van der Waals surface area contributed by atoms with Crippen molar-refractivity contribution in [2.45, 2.75) is 44.6 Å². The van der Waals surface area contributed by atoms with Crippen molar-refractivity contribution in [1.29, 1.82) is 5.59 Å². The second-order valence-corrected chi connectivity index (χ2v) is 0. The average Bonchev–Trinajstić information content (AvgIpc) is 1.00. The van der Waals surface area contributed by atoms with Gasteiger partial charge in [-0.25, -0.2) is 0 Å². The van der Waals surface area contributed by atoms with Gasteiger partial charge in [-0.1, -0.05) is 50.2 Å². The standard InChI is InChI=1S/6CH4.HNO/c;;;;;;1-2/h6*1H4;1H. The minimum Gasteiger partial charge on any atom is -0.154 e. The summed E-state index contributed by atoms with van der Waals surface area (Å²) in [6.07, 6.45) is 0. The molecular formula is C6H25NO. The topological polar surface area (TPSA) is 40.9 Å². The molecule has 0 spiro atoms. The maximum absolute atomic E-state index is 7.50. The van der Waals surface area contributed by atoms with Crippen LogP contribution in [-0.2, 0) is 0 Å². The van der Waals surface area contributed by atoms with Crippen molar-refractivity contribution in [2.75, 3.05) is 0 Å². The van der Waals surface area contributed by atoms with Crippen LogP contribution in [0.4, 0.5) is 0 Å². The molecule has 8 heavy (non-hydrogen) atoms. The predicted molar refractivity (Wildman–Crippen MR) is 46.5 cm³/mol. The lowest BCUT2D eigenvalue weighted by molar-refractivity contribution is 1.49. The zero-order chi connectivity index (χ0) is 2.00. The van der Waals surface area contributed by atoms with Crippen molar-refractivity contribution < 1.29 is 0 Å². The van der Waals surface area contributed by atoms with Crippen molar-refractivity contribution in [3.8, 4) is 0 Å². The molecule has 0 aromatic heterocycles. The van der Waals surface area contributed by atoms with Crippen molar-refractivity contribution in [3.63, 3.8) is 0 Å². The van der Waals surface area contributed by atoms with E-state index in [-0.39, 0.29) is 44.6 Å². The molecule has 0 amide bonds. The maximum atomic E-state index is 7.50. The van der Waals surface area contributed by atoms with Crippen molar-refractivity contribution in [1.82, 2.24) is 0 Å². The summed E-state index contributed by atoms with van der Waals surface area (Å²) in [5, 5.41) is 0. The molecule has 0 aromatic carbocycles. The summed E-state index contributed by atoms with van der Waals surface area (Å²) in [6.45, 7) is 0. The van der Waals surface area contributed by atoms with Gasteiger partial charge in [-0.05, 0) is 0 Å². The van der Waals surface area contributed by atoms with Crippen LogP contribution >= 0.6 is 0 Å². The molecule has 0 heterocycles. The summed E-state index contributed by atoms with van der Waals surface area (Å²) in [5.74, 6) is 0. The Bertz CT molecular complexity index is 8.49. The van der Waals surface area contributed by atoms with E-state index in [1.54, 1.807) is 0 Å². The van der Waals surface area contributed by atoms with Gasteiger partial charge in [0.05, 0.1) is 0 Å². The Labute approximate surface area is 56.1 Å². The van der Waals surface area contributed by atoms with E-state index in [0.717, 1.165) is 0 Å². The van der Waals surface area contributed by atoms with Gasteiger partial charge < -0.3 is 0 Å². The molecule has 0 fully saturated rings. The van der Waals surface area contributed by atoms with Gasteiger partial charge >= 0.3 is 0 Å². The molecule has 60 valence electrons. The van der Waals surface area contributed by atoms with E-state index >= 15 is 0 Å². The second-order valence-electron chi connectivity index (χ2n) is 0. The SMILES string of the molecule is C.C.C.C.C.C.N=O. The Kier molecular flexibility index (Phi) is 149000. The molecule has 2 heteroatoms. The number of hydrogen-bond donors (Lipinski definition) is 1. The molecule has 0 aliphatic rings. The normalized spacial score (nSPS) is 0.500. The Morgan fingerprint density at radius 1 is 0.500 bits per heavy atom. The molecule has 0 aromatic rings. The van der Waals surface area contributed by atoms with Crippen LogP contribution in [0.25, 0.3) is 0 Å². The molecular weight excluding hydrogens is 102 g/mol. The first-order valence-electron chi connectivity index (χ1n) is 0.204. The number of nitroso groups, excluding NO2 is 1. The van der Waals surface area contributed by atoms with Crippen molar-refractivity contribution in [3.05, 3.63) is 4.91 Å². The molecule has 2 nitrogen and oxygen atoms in total. The first-order valence-corrected chi connectivity index (χ1v) is 0.204. The quantitative estimate of drug-likeness (QED) is 0.488. The lowest BCUT2D eigenvalue weighted by Gasteiger charge is -0.827. The molecule has 0 aliphatic carbocycles. The number of rotatable bonds is 0. The fraction of sp³-hybridized carbons (Fsp3) is 1.00. The third-order valence-electron chi connectivity index (χ3n) is 0. The molecule has 0 atom stereocenters.